The van der Waals surface area contributed by atoms with Gasteiger partial charge in [0.25, 0.3) is 0 Å². The molecular weight excluding hydrogens is 295 g/mol. The van der Waals surface area contributed by atoms with Crippen molar-refractivity contribution < 1.29 is 13.2 Å². The Morgan fingerprint density at radius 1 is 1.14 bits per heavy atom. The quantitative estimate of drug-likeness (QED) is 0.881. The molecule has 1 aromatic carbocycles. The van der Waals surface area contributed by atoms with E-state index in [2.05, 4.69) is 39.7 Å². The van der Waals surface area contributed by atoms with Crippen LogP contribution in [0.5, 0.6) is 0 Å². The number of anilines is 3. The molecule has 0 saturated heterocycles. The lowest BCUT2D eigenvalue weighted by molar-refractivity contribution is -0.137. The zero-order valence-electron chi connectivity index (χ0n) is 12.1. The van der Waals surface area contributed by atoms with Crippen molar-refractivity contribution in [2.45, 2.75) is 20.0 Å². The van der Waals surface area contributed by atoms with Crippen LogP contribution in [0.3, 0.4) is 0 Å². The van der Waals surface area contributed by atoms with Crippen molar-refractivity contribution in [1.82, 2.24) is 15.2 Å². The molecular formula is C14H16F3N5. The maximum atomic E-state index is 12.5. The van der Waals surface area contributed by atoms with Gasteiger partial charge in [0, 0.05) is 12.2 Å². The van der Waals surface area contributed by atoms with Crippen LogP contribution in [0.25, 0.3) is 0 Å². The summed E-state index contributed by atoms with van der Waals surface area (Å²) >= 11 is 0. The molecule has 1 aromatic heterocycles. The first-order chi connectivity index (χ1) is 10.3. The summed E-state index contributed by atoms with van der Waals surface area (Å²) in [6.07, 6.45) is -2.86. The number of aromatic nitrogens is 3. The van der Waals surface area contributed by atoms with Crippen molar-refractivity contribution in [2.75, 3.05) is 17.2 Å². The second-order valence-electron chi connectivity index (χ2n) is 5.14. The van der Waals surface area contributed by atoms with Gasteiger partial charge in [0.05, 0.1) is 11.8 Å². The van der Waals surface area contributed by atoms with Crippen molar-refractivity contribution in [1.29, 1.82) is 0 Å². The summed E-state index contributed by atoms with van der Waals surface area (Å²) in [6, 6.07) is 4.63. The average molecular weight is 311 g/mol. The van der Waals surface area contributed by atoms with E-state index in [4.69, 9.17) is 0 Å². The first-order valence-electron chi connectivity index (χ1n) is 6.72. The lowest BCUT2D eigenvalue weighted by atomic mass is 10.2. The van der Waals surface area contributed by atoms with Crippen LogP contribution in [-0.4, -0.2) is 21.7 Å². The van der Waals surface area contributed by atoms with Gasteiger partial charge in [-0.15, -0.1) is 5.10 Å². The molecule has 0 fully saturated rings. The van der Waals surface area contributed by atoms with Gasteiger partial charge in [0.2, 0.25) is 5.95 Å². The molecule has 118 valence electrons. The van der Waals surface area contributed by atoms with Crippen molar-refractivity contribution in [3.8, 4) is 0 Å². The minimum Gasteiger partial charge on any atom is -0.368 e. The van der Waals surface area contributed by atoms with E-state index in [9.17, 15) is 13.2 Å². The Kier molecular flexibility index (Phi) is 4.79. The number of benzene rings is 1. The summed E-state index contributed by atoms with van der Waals surface area (Å²) in [5.74, 6) is 1.22. The number of rotatable bonds is 5. The van der Waals surface area contributed by atoms with E-state index in [0.717, 1.165) is 18.7 Å². The number of hydrogen-bond donors (Lipinski definition) is 2. The summed E-state index contributed by atoms with van der Waals surface area (Å²) in [5, 5.41) is 13.5. The monoisotopic (exact) mass is 311 g/mol. The van der Waals surface area contributed by atoms with E-state index in [0.29, 0.717) is 17.4 Å². The zero-order chi connectivity index (χ0) is 16.2. The van der Waals surface area contributed by atoms with Crippen LogP contribution in [0.4, 0.5) is 30.6 Å². The summed E-state index contributed by atoms with van der Waals surface area (Å²) < 4.78 is 37.5. The highest BCUT2D eigenvalue weighted by Crippen LogP contribution is 2.30. The third-order valence-corrected chi connectivity index (χ3v) is 2.72. The molecule has 0 radical (unpaired) electrons. The Balaban J connectivity index is 2.05. The topological polar surface area (TPSA) is 62.7 Å². The second kappa shape index (κ2) is 6.59. The van der Waals surface area contributed by atoms with Crippen molar-refractivity contribution >= 4 is 17.5 Å². The van der Waals surface area contributed by atoms with E-state index >= 15 is 0 Å². The molecule has 22 heavy (non-hydrogen) atoms. The molecule has 5 nitrogen and oxygen atoms in total. The largest absolute Gasteiger partial charge is 0.416 e. The summed E-state index contributed by atoms with van der Waals surface area (Å²) in [4.78, 5) is 4.19. The van der Waals surface area contributed by atoms with Crippen molar-refractivity contribution in [3.63, 3.8) is 0 Å². The Labute approximate surface area is 126 Å². The Morgan fingerprint density at radius 2 is 1.82 bits per heavy atom. The van der Waals surface area contributed by atoms with Crippen LogP contribution < -0.4 is 10.6 Å². The molecule has 8 heteroatoms. The summed E-state index contributed by atoms with van der Waals surface area (Å²) in [6.45, 7) is 4.85. The SMILES string of the molecule is CC(C)CNc1cnnc(Nc2ccc(C(F)(F)F)cc2)n1. The highest BCUT2D eigenvalue weighted by Gasteiger charge is 2.29. The lowest BCUT2D eigenvalue weighted by Gasteiger charge is -2.10. The molecule has 0 amide bonds. The van der Waals surface area contributed by atoms with Gasteiger partial charge in [-0.2, -0.15) is 23.3 Å². The number of hydrogen-bond acceptors (Lipinski definition) is 5. The van der Waals surface area contributed by atoms with Crippen LogP contribution in [0, 0.1) is 5.92 Å². The fourth-order valence-corrected chi connectivity index (χ4v) is 1.62. The smallest absolute Gasteiger partial charge is 0.368 e. The van der Waals surface area contributed by atoms with Crippen molar-refractivity contribution in [2.24, 2.45) is 5.92 Å². The molecule has 1 heterocycles. The number of alkyl halides is 3. The van der Waals surface area contributed by atoms with Crippen molar-refractivity contribution in [3.05, 3.63) is 36.0 Å². The van der Waals surface area contributed by atoms with E-state index in [-0.39, 0.29) is 5.95 Å². The third-order valence-electron chi connectivity index (χ3n) is 2.72. The second-order valence-corrected chi connectivity index (χ2v) is 5.14. The minimum absolute atomic E-state index is 0.216. The van der Waals surface area contributed by atoms with Gasteiger partial charge in [0.15, 0.2) is 5.82 Å². The normalized spacial score (nSPS) is 11.5. The van der Waals surface area contributed by atoms with E-state index in [1.165, 1.54) is 18.3 Å². The molecule has 0 atom stereocenters. The predicted octanol–water partition coefficient (Wildman–Crippen LogP) is 3.70. The van der Waals surface area contributed by atoms with Crippen LogP contribution in [0.1, 0.15) is 19.4 Å². The first-order valence-corrected chi connectivity index (χ1v) is 6.72. The molecule has 0 aliphatic carbocycles. The molecule has 0 aliphatic heterocycles. The molecule has 0 saturated carbocycles. The maximum absolute atomic E-state index is 12.5. The molecule has 0 unspecified atom stereocenters. The number of halogens is 3. The van der Waals surface area contributed by atoms with Gasteiger partial charge < -0.3 is 10.6 Å². The lowest BCUT2D eigenvalue weighted by Crippen LogP contribution is -2.11. The van der Waals surface area contributed by atoms with Gasteiger partial charge in [-0.25, -0.2) is 0 Å². The molecule has 0 spiro atoms. The zero-order valence-corrected chi connectivity index (χ0v) is 12.1. The molecule has 2 rings (SSSR count). The van der Waals surface area contributed by atoms with E-state index < -0.39 is 11.7 Å². The van der Waals surface area contributed by atoms with Gasteiger partial charge in [-0.1, -0.05) is 13.8 Å². The fourth-order valence-electron chi connectivity index (χ4n) is 1.62. The molecule has 0 aliphatic rings. The maximum Gasteiger partial charge on any atom is 0.416 e. The fraction of sp³-hybridized carbons (Fsp3) is 0.357. The van der Waals surface area contributed by atoms with Gasteiger partial charge in [-0.3, -0.25) is 0 Å². The number of nitrogens with zero attached hydrogens (tertiary/aromatic N) is 3. The highest BCUT2D eigenvalue weighted by atomic mass is 19.4. The van der Waals surface area contributed by atoms with Crippen LogP contribution in [-0.2, 0) is 6.18 Å². The standard InChI is InChI=1S/C14H16F3N5/c1-9(2)7-18-12-8-19-22-13(21-12)20-11-5-3-10(4-6-11)14(15,16)17/h3-6,8-9H,7H2,1-2H3,(H2,18,20,21,22). The third kappa shape index (κ3) is 4.57. The Hall–Kier alpha value is -2.38. The molecule has 2 N–H and O–H groups in total. The van der Waals surface area contributed by atoms with Gasteiger partial charge in [0.1, 0.15) is 0 Å². The summed E-state index contributed by atoms with van der Waals surface area (Å²) in [7, 11) is 0. The van der Waals surface area contributed by atoms with Crippen LogP contribution in [0.2, 0.25) is 0 Å². The minimum atomic E-state index is -4.35. The van der Waals surface area contributed by atoms with E-state index in [1.807, 2.05) is 0 Å². The predicted molar refractivity (Wildman–Crippen MR) is 77.9 cm³/mol. The van der Waals surface area contributed by atoms with Crippen LogP contribution >= 0.6 is 0 Å². The summed E-state index contributed by atoms with van der Waals surface area (Å²) in [5.41, 5.74) is -0.250. The van der Waals surface area contributed by atoms with Gasteiger partial charge >= 0.3 is 6.18 Å². The Morgan fingerprint density at radius 3 is 2.41 bits per heavy atom. The number of nitrogens with one attached hydrogen (secondary N) is 2. The van der Waals surface area contributed by atoms with E-state index in [1.54, 1.807) is 0 Å². The van der Waals surface area contributed by atoms with Crippen LogP contribution in [0.15, 0.2) is 30.5 Å². The van der Waals surface area contributed by atoms with Gasteiger partial charge in [-0.05, 0) is 30.2 Å². The Bertz CT molecular complexity index is 611. The first kappa shape index (κ1) is 16.0. The average Bonchev–Trinajstić information content (AvgIpc) is 2.45. The molecule has 0 bridgehead atoms. The molecule has 2 aromatic rings. The highest BCUT2D eigenvalue weighted by molar-refractivity contribution is 5.54.